The van der Waals surface area contributed by atoms with Crippen molar-refractivity contribution < 1.29 is 24.5 Å². The maximum Gasteiger partial charge on any atom is 0.306 e. The summed E-state index contributed by atoms with van der Waals surface area (Å²) in [4.78, 5) is 26.1. The summed E-state index contributed by atoms with van der Waals surface area (Å²) in [5.41, 5.74) is 0. The molecule has 0 radical (unpaired) electrons. The van der Waals surface area contributed by atoms with Gasteiger partial charge in [0.1, 0.15) is 6.10 Å². The van der Waals surface area contributed by atoms with Gasteiger partial charge in [-0.05, 0) is 64.2 Å². The second-order valence-electron chi connectivity index (χ2n) is 17.0. The van der Waals surface area contributed by atoms with Gasteiger partial charge in [-0.2, -0.15) is 0 Å². The van der Waals surface area contributed by atoms with Crippen LogP contribution in [0, 0.1) is 0 Å². The Hall–Kier alpha value is -3.22. The van der Waals surface area contributed by atoms with Crippen LogP contribution in [0.2, 0.25) is 0 Å². The largest absolute Gasteiger partial charge is 0.462 e. The number of hydrogen-bond acceptors (Lipinski definition) is 5. The van der Waals surface area contributed by atoms with Crippen molar-refractivity contribution in [3.8, 4) is 0 Å². The number of hydrogen-bond donors (Lipinski definition) is 3. The van der Waals surface area contributed by atoms with Crippen LogP contribution in [0.25, 0.3) is 0 Å². The van der Waals surface area contributed by atoms with Gasteiger partial charge in [-0.25, -0.2) is 0 Å². The molecular weight excluding hydrogens is 767 g/mol. The summed E-state index contributed by atoms with van der Waals surface area (Å²) in [7, 11) is 0. The molecular formula is C56H95NO5. The van der Waals surface area contributed by atoms with Gasteiger partial charge in [-0.15, -0.1) is 0 Å². The van der Waals surface area contributed by atoms with E-state index in [9.17, 15) is 19.8 Å². The van der Waals surface area contributed by atoms with Crippen LogP contribution in [0.15, 0.2) is 97.2 Å². The highest BCUT2D eigenvalue weighted by molar-refractivity contribution is 5.77. The van der Waals surface area contributed by atoms with E-state index in [-0.39, 0.29) is 24.9 Å². The molecule has 0 heterocycles. The van der Waals surface area contributed by atoms with Crippen molar-refractivity contribution in [1.82, 2.24) is 5.32 Å². The number of carbonyl (C=O) groups excluding carboxylic acids is 2. The zero-order valence-electron chi connectivity index (χ0n) is 40.2. The highest BCUT2D eigenvalue weighted by Crippen LogP contribution is 2.16. The molecule has 0 aliphatic rings. The predicted molar refractivity (Wildman–Crippen MR) is 268 cm³/mol. The number of nitrogens with one attached hydrogen (secondary N) is 1. The van der Waals surface area contributed by atoms with Gasteiger partial charge in [0.15, 0.2) is 0 Å². The molecule has 0 saturated heterocycles. The normalized spacial score (nSPS) is 14.1. The van der Waals surface area contributed by atoms with Gasteiger partial charge in [0.25, 0.3) is 0 Å². The van der Waals surface area contributed by atoms with E-state index in [1.807, 2.05) is 48.6 Å². The third-order valence-electron chi connectivity index (χ3n) is 11.1. The number of carbonyl (C=O) groups is 2. The van der Waals surface area contributed by atoms with Crippen LogP contribution in [0.3, 0.4) is 0 Å². The number of unbranched alkanes of at least 4 members (excludes halogenated alkanes) is 22. The molecule has 0 saturated carbocycles. The minimum atomic E-state index is -0.815. The molecule has 0 aromatic heterocycles. The van der Waals surface area contributed by atoms with Crippen molar-refractivity contribution in [2.24, 2.45) is 0 Å². The van der Waals surface area contributed by atoms with Crippen LogP contribution in [-0.4, -0.2) is 46.9 Å². The van der Waals surface area contributed by atoms with Crippen molar-refractivity contribution in [2.75, 3.05) is 6.61 Å². The first-order valence-electron chi connectivity index (χ1n) is 25.6. The first-order valence-corrected chi connectivity index (χ1v) is 25.6. The number of ether oxygens (including phenoxy) is 1. The van der Waals surface area contributed by atoms with Gasteiger partial charge in [-0.3, -0.25) is 9.59 Å². The molecule has 0 aliphatic heterocycles. The summed E-state index contributed by atoms with van der Waals surface area (Å²) in [6.07, 6.45) is 64.7. The summed E-state index contributed by atoms with van der Waals surface area (Å²) in [6.45, 7) is 6.28. The first kappa shape index (κ1) is 58.8. The molecule has 0 rings (SSSR count). The smallest absolute Gasteiger partial charge is 0.306 e. The molecule has 3 unspecified atom stereocenters. The number of amides is 1. The van der Waals surface area contributed by atoms with Crippen LogP contribution < -0.4 is 5.32 Å². The fourth-order valence-corrected chi connectivity index (χ4v) is 7.22. The Balaban J connectivity index is 4.72. The van der Waals surface area contributed by atoms with Crippen LogP contribution in [0.1, 0.15) is 220 Å². The van der Waals surface area contributed by atoms with Gasteiger partial charge in [-0.1, -0.05) is 240 Å². The summed E-state index contributed by atoms with van der Waals surface area (Å²) in [5, 5.41) is 23.7. The maximum absolute atomic E-state index is 13.2. The van der Waals surface area contributed by atoms with Crippen molar-refractivity contribution in [2.45, 2.75) is 238 Å². The average molecular weight is 862 g/mol. The molecule has 3 atom stereocenters. The molecule has 0 aromatic carbocycles. The highest BCUT2D eigenvalue weighted by Gasteiger charge is 2.24. The summed E-state index contributed by atoms with van der Waals surface area (Å²) in [5.74, 6) is -0.576. The van der Waals surface area contributed by atoms with Crippen molar-refractivity contribution in [1.29, 1.82) is 0 Å². The number of aliphatic hydroxyl groups excluding tert-OH is 2. The monoisotopic (exact) mass is 862 g/mol. The lowest BCUT2D eigenvalue weighted by atomic mass is 10.0. The Kier molecular flexibility index (Phi) is 46.3. The molecule has 6 heteroatoms. The Morgan fingerprint density at radius 1 is 0.484 bits per heavy atom. The molecule has 0 bridgehead atoms. The summed E-state index contributed by atoms with van der Waals surface area (Å²) < 4.78 is 5.88. The second kappa shape index (κ2) is 48.8. The minimum absolute atomic E-state index is 0.0149. The molecule has 0 aromatic rings. The first-order chi connectivity index (χ1) is 30.5. The number of rotatable bonds is 44. The Morgan fingerprint density at radius 2 is 0.887 bits per heavy atom. The fraction of sp³-hybridized carbons (Fsp3) is 0.679. The van der Waals surface area contributed by atoms with Gasteiger partial charge >= 0.3 is 5.97 Å². The SMILES string of the molecule is CC/C=C/C=C/C=C\C=C/C=C/CCCC(CC(=O)NC(CO)C(O)CCCCCCCCCCCCCC)OC(=O)CCCCCCC/C=C/C=C/C=C/CCCCCCC. The lowest BCUT2D eigenvalue weighted by Crippen LogP contribution is -2.46. The Bertz CT molecular complexity index is 1240. The molecule has 1 amide bonds. The van der Waals surface area contributed by atoms with Gasteiger partial charge in [0, 0.05) is 6.42 Å². The van der Waals surface area contributed by atoms with E-state index < -0.39 is 18.2 Å². The van der Waals surface area contributed by atoms with E-state index in [0.717, 1.165) is 83.5 Å². The molecule has 62 heavy (non-hydrogen) atoms. The molecule has 3 N–H and O–H groups in total. The number of aliphatic hydroxyl groups is 2. The third kappa shape index (κ3) is 43.4. The molecule has 6 nitrogen and oxygen atoms in total. The average Bonchev–Trinajstić information content (AvgIpc) is 3.26. The van der Waals surface area contributed by atoms with Gasteiger partial charge < -0.3 is 20.3 Å². The molecule has 0 fully saturated rings. The quantitative estimate of drug-likeness (QED) is 0.0322. The number of esters is 1. The van der Waals surface area contributed by atoms with Crippen molar-refractivity contribution in [3.05, 3.63) is 97.2 Å². The highest BCUT2D eigenvalue weighted by atomic mass is 16.5. The Morgan fingerprint density at radius 3 is 1.35 bits per heavy atom. The van der Waals surface area contributed by atoms with Crippen LogP contribution in [0.5, 0.6) is 0 Å². The minimum Gasteiger partial charge on any atom is -0.462 e. The maximum atomic E-state index is 13.2. The topological polar surface area (TPSA) is 95.9 Å². The van der Waals surface area contributed by atoms with E-state index in [2.05, 4.69) is 74.7 Å². The third-order valence-corrected chi connectivity index (χ3v) is 11.1. The van der Waals surface area contributed by atoms with E-state index in [0.29, 0.717) is 19.3 Å². The van der Waals surface area contributed by atoms with Crippen molar-refractivity contribution in [3.63, 3.8) is 0 Å². The van der Waals surface area contributed by atoms with E-state index in [4.69, 9.17) is 4.74 Å². The standard InChI is InChI=1S/C56H95NO5/c1-4-7-10-13-16-19-22-25-26-27-28-29-31-34-37-40-43-46-49-56(61)62-52(47-44-41-38-35-32-30-23-20-17-14-11-8-5-2)50-55(60)57-53(51-58)54(59)48-45-42-39-36-33-24-21-18-15-12-9-6-3/h8,11,14,17,20,22-23,25-30,32,35,38,52-54,58-59H,4-7,9-10,12-13,15-16,18-19,21,24,31,33-34,36-37,39-51H2,1-3H3,(H,57,60)/b11-8+,17-14+,23-20-,25-22+,27-26+,29-28+,32-30-,38-35+. The van der Waals surface area contributed by atoms with Crippen LogP contribution in [0.4, 0.5) is 0 Å². The molecule has 0 aliphatic carbocycles. The zero-order valence-corrected chi connectivity index (χ0v) is 40.2. The number of allylic oxidation sites excluding steroid dienone is 16. The van der Waals surface area contributed by atoms with Crippen LogP contribution >= 0.6 is 0 Å². The van der Waals surface area contributed by atoms with Gasteiger partial charge in [0.2, 0.25) is 5.91 Å². The second-order valence-corrected chi connectivity index (χ2v) is 17.0. The summed E-state index contributed by atoms with van der Waals surface area (Å²) >= 11 is 0. The molecule has 354 valence electrons. The lowest BCUT2D eigenvalue weighted by Gasteiger charge is -2.24. The van der Waals surface area contributed by atoms with Gasteiger partial charge in [0.05, 0.1) is 25.2 Å². The van der Waals surface area contributed by atoms with Crippen LogP contribution in [-0.2, 0) is 14.3 Å². The van der Waals surface area contributed by atoms with Crippen molar-refractivity contribution >= 4 is 11.9 Å². The van der Waals surface area contributed by atoms with E-state index in [1.165, 1.54) is 89.9 Å². The molecule has 0 spiro atoms. The van der Waals surface area contributed by atoms with E-state index in [1.54, 1.807) is 0 Å². The fourth-order valence-electron chi connectivity index (χ4n) is 7.22. The zero-order chi connectivity index (χ0) is 45.2. The van der Waals surface area contributed by atoms with E-state index >= 15 is 0 Å². The predicted octanol–water partition coefficient (Wildman–Crippen LogP) is 15.3. The summed E-state index contributed by atoms with van der Waals surface area (Å²) in [6, 6.07) is -0.734. The Labute approximate surface area is 382 Å². The lowest BCUT2D eigenvalue weighted by molar-refractivity contribution is -0.151.